The number of hydrogen-bond acceptors (Lipinski definition) is 11. The van der Waals surface area contributed by atoms with Crippen molar-refractivity contribution < 1.29 is 59.9 Å². The summed E-state index contributed by atoms with van der Waals surface area (Å²) in [5, 5.41) is 77.6. The van der Waals surface area contributed by atoms with Crippen molar-refractivity contribution in [2.45, 2.75) is 74.3 Å². The molecule has 0 aromatic heterocycles. The number of carboxylic acids is 1. The molecule has 0 aromatic carbocycles. The molecule has 8 N–H and O–H groups in total. The molecule has 26 heavy (non-hydrogen) atoms. The van der Waals surface area contributed by atoms with Gasteiger partial charge in [-0.15, -0.1) is 0 Å². The molecular weight excluding hydrogens is 360 g/mol. The van der Waals surface area contributed by atoms with Crippen molar-refractivity contribution in [3.63, 3.8) is 0 Å². The SMILES string of the molecule is C[C@@H]1O[C@@H](O[C@H]2[C@@H]([C@H](O)CO)O[C@@](O)(C(=O)O)C[C@H]2O)[C@H](O)[C@H](O)[C@H]1O. The maximum Gasteiger partial charge on any atom is 0.364 e. The first-order valence-electron chi connectivity index (χ1n) is 7.97. The topological polar surface area (TPSA) is 207 Å². The van der Waals surface area contributed by atoms with E-state index in [-0.39, 0.29) is 0 Å². The Bertz CT molecular complexity index is 502. The minimum absolute atomic E-state index is 0.828. The Morgan fingerprint density at radius 2 is 1.85 bits per heavy atom. The molecule has 152 valence electrons. The van der Waals surface area contributed by atoms with Crippen LogP contribution in [0.3, 0.4) is 0 Å². The summed E-state index contributed by atoms with van der Waals surface area (Å²) in [5.74, 6) is -4.64. The predicted molar refractivity (Wildman–Crippen MR) is 78.4 cm³/mol. The first-order valence-corrected chi connectivity index (χ1v) is 7.97. The lowest BCUT2D eigenvalue weighted by Gasteiger charge is -2.46. The van der Waals surface area contributed by atoms with Crippen LogP contribution in [0.15, 0.2) is 0 Å². The van der Waals surface area contributed by atoms with Gasteiger partial charge in [0.25, 0.3) is 5.79 Å². The van der Waals surface area contributed by atoms with Crippen LogP contribution in [0, 0.1) is 0 Å². The molecule has 2 fully saturated rings. The second-order valence-corrected chi connectivity index (χ2v) is 6.48. The van der Waals surface area contributed by atoms with Crippen LogP contribution in [-0.2, 0) is 19.0 Å². The van der Waals surface area contributed by atoms with Gasteiger partial charge in [-0.05, 0) is 6.92 Å². The molecule has 0 bridgehead atoms. The smallest absolute Gasteiger partial charge is 0.364 e. The Hall–Kier alpha value is -0.930. The summed E-state index contributed by atoms with van der Waals surface area (Å²) in [4.78, 5) is 11.2. The summed E-state index contributed by atoms with van der Waals surface area (Å²) < 4.78 is 15.5. The molecule has 0 spiro atoms. The largest absolute Gasteiger partial charge is 0.477 e. The normalized spacial score (nSPS) is 48.2. The summed E-state index contributed by atoms with van der Waals surface area (Å²) in [6, 6.07) is 0. The third-order valence-electron chi connectivity index (χ3n) is 4.52. The molecule has 12 heteroatoms. The van der Waals surface area contributed by atoms with E-state index in [1.54, 1.807) is 0 Å². The average Bonchev–Trinajstić information content (AvgIpc) is 2.58. The van der Waals surface area contributed by atoms with Gasteiger partial charge in [-0.25, -0.2) is 4.79 Å². The van der Waals surface area contributed by atoms with Gasteiger partial charge in [0, 0.05) is 6.42 Å². The molecule has 0 radical (unpaired) electrons. The number of carbonyl (C=O) groups is 1. The number of aliphatic hydroxyl groups excluding tert-OH is 6. The molecule has 0 aliphatic carbocycles. The van der Waals surface area contributed by atoms with Crippen molar-refractivity contribution >= 4 is 5.97 Å². The van der Waals surface area contributed by atoms with Crippen LogP contribution in [0.4, 0.5) is 0 Å². The average molecular weight is 384 g/mol. The molecular formula is C14H24O12. The van der Waals surface area contributed by atoms with E-state index in [2.05, 4.69) is 0 Å². The summed E-state index contributed by atoms with van der Waals surface area (Å²) in [6.07, 6.45) is -14.7. The van der Waals surface area contributed by atoms with E-state index in [0.717, 1.165) is 0 Å². The highest BCUT2D eigenvalue weighted by atomic mass is 16.7. The zero-order valence-corrected chi connectivity index (χ0v) is 13.8. The van der Waals surface area contributed by atoms with Crippen LogP contribution in [0.5, 0.6) is 0 Å². The van der Waals surface area contributed by atoms with Crippen molar-refractivity contribution in [2.75, 3.05) is 6.61 Å². The fourth-order valence-electron chi connectivity index (χ4n) is 2.95. The first-order chi connectivity index (χ1) is 12.0. The third-order valence-corrected chi connectivity index (χ3v) is 4.52. The second kappa shape index (κ2) is 7.98. The van der Waals surface area contributed by atoms with Crippen molar-refractivity contribution in [3.05, 3.63) is 0 Å². The van der Waals surface area contributed by atoms with Gasteiger partial charge in [-0.2, -0.15) is 0 Å². The van der Waals surface area contributed by atoms with Gasteiger partial charge < -0.3 is 55.1 Å². The Kier molecular flexibility index (Phi) is 6.56. The molecule has 2 rings (SSSR count). The first kappa shape index (κ1) is 21.4. The van der Waals surface area contributed by atoms with Crippen LogP contribution in [-0.4, -0.2) is 114 Å². The van der Waals surface area contributed by atoms with Crippen LogP contribution in [0.1, 0.15) is 13.3 Å². The molecule has 2 saturated heterocycles. The Balaban J connectivity index is 2.21. The van der Waals surface area contributed by atoms with Crippen LogP contribution >= 0.6 is 0 Å². The van der Waals surface area contributed by atoms with Crippen molar-refractivity contribution in [2.24, 2.45) is 0 Å². The molecule has 0 aromatic rings. The number of ether oxygens (including phenoxy) is 3. The number of carboxylic acid groups (broad SMARTS) is 1. The van der Waals surface area contributed by atoms with Gasteiger partial charge in [-0.1, -0.05) is 0 Å². The number of aliphatic hydroxyl groups is 7. The molecule has 2 aliphatic rings. The Labute approximate surface area is 147 Å². The van der Waals surface area contributed by atoms with Crippen LogP contribution < -0.4 is 0 Å². The quantitative estimate of drug-likeness (QED) is 0.226. The number of rotatable bonds is 5. The minimum atomic E-state index is -2.82. The lowest BCUT2D eigenvalue weighted by molar-refractivity contribution is -0.358. The standard InChI is InChI=1S/C14H24O12/c1-4-7(18)8(19)9(20)12(24-4)25-10-5(16)2-14(23,13(21)22)26-11(10)6(17)3-15/h4-12,15-20,23H,2-3H2,1H3,(H,21,22)/t4-,5+,6+,7-,8+,9+,10+,11+,12-,14+/m0/s1. The molecule has 0 unspecified atom stereocenters. The molecule has 2 aliphatic heterocycles. The fourth-order valence-corrected chi connectivity index (χ4v) is 2.95. The molecule has 10 atom stereocenters. The summed E-state index contributed by atoms with van der Waals surface area (Å²) in [6.45, 7) is 0.492. The minimum Gasteiger partial charge on any atom is -0.477 e. The highest BCUT2D eigenvalue weighted by Crippen LogP contribution is 2.33. The maximum absolute atomic E-state index is 11.2. The van der Waals surface area contributed by atoms with Gasteiger partial charge in [0.05, 0.1) is 18.8 Å². The lowest BCUT2D eigenvalue weighted by Crippen LogP contribution is -2.65. The van der Waals surface area contributed by atoms with E-state index in [4.69, 9.17) is 24.4 Å². The zero-order chi connectivity index (χ0) is 19.8. The van der Waals surface area contributed by atoms with E-state index in [1.165, 1.54) is 6.92 Å². The van der Waals surface area contributed by atoms with Crippen molar-refractivity contribution in [1.82, 2.24) is 0 Å². The van der Waals surface area contributed by atoms with Gasteiger partial charge >= 0.3 is 5.97 Å². The van der Waals surface area contributed by atoms with Crippen molar-refractivity contribution in [3.8, 4) is 0 Å². The third kappa shape index (κ3) is 3.99. The van der Waals surface area contributed by atoms with E-state index in [0.29, 0.717) is 0 Å². The predicted octanol–water partition coefficient (Wildman–Crippen LogP) is -4.52. The highest BCUT2D eigenvalue weighted by Gasteiger charge is 2.55. The second-order valence-electron chi connectivity index (χ2n) is 6.48. The molecule has 0 amide bonds. The monoisotopic (exact) mass is 384 g/mol. The van der Waals surface area contributed by atoms with Crippen molar-refractivity contribution in [1.29, 1.82) is 0 Å². The molecule has 2 heterocycles. The fraction of sp³-hybridized carbons (Fsp3) is 0.929. The summed E-state index contributed by atoms with van der Waals surface area (Å²) in [5.41, 5.74) is 0. The zero-order valence-electron chi connectivity index (χ0n) is 13.8. The van der Waals surface area contributed by atoms with Crippen LogP contribution in [0.25, 0.3) is 0 Å². The highest BCUT2D eigenvalue weighted by molar-refractivity contribution is 5.75. The van der Waals surface area contributed by atoms with E-state index in [9.17, 15) is 35.4 Å². The van der Waals surface area contributed by atoms with Gasteiger partial charge in [-0.3, -0.25) is 0 Å². The summed E-state index contributed by atoms with van der Waals surface area (Å²) >= 11 is 0. The van der Waals surface area contributed by atoms with Gasteiger partial charge in [0.15, 0.2) is 6.29 Å². The van der Waals surface area contributed by atoms with Crippen LogP contribution in [0.2, 0.25) is 0 Å². The summed E-state index contributed by atoms with van der Waals surface area (Å²) in [7, 11) is 0. The van der Waals surface area contributed by atoms with E-state index < -0.39 is 79.9 Å². The van der Waals surface area contributed by atoms with E-state index >= 15 is 0 Å². The number of hydrogen-bond donors (Lipinski definition) is 8. The van der Waals surface area contributed by atoms with Gasteiger partial charge in [0.1, 0.15) is 36.6 Å². The number of aliphatic carboxylic acids is 1. The molecule has 12 nitrogen and oxygen atoms in total. The Morgan fingerprint density at radius 1 is 1.23 bits per heavy atom. The molecule has 0 saturated carbocycles. The maximum atomic E-state index is 11.2. The lowest BCUT2D eigenvalue weighted by atomic mass is 9.92. The van der Waals surface area contributed by atoms with E-state index in [1.807, 2.05) is 0 Å². The van der Waals surface area contributed by atoms with Gasteiger partial charge in [0.2, 0.25) is 0 Å². The Morgan fingerprint density at radius 3 is 2.38 bits per heavy atom.